The number of rotatable bonds is 6. The van der Waals surface area contributed by atoms with Crippen LogP contribution in [0.25, 0.3) is 0 Å². The van der Waals surface area contributed by atoms with Gasteiger partial charge in [-0.1, -0.05) is 0 Å². The maximum atomic E-state index is 12.4. The molecule has 27 heavy (non-hydrogen) atoms. The molecular formula is C18H19N3O5S. The molecule has 1 fully saturated rings. The molecule has 2 atom stereocenters. The van der Waals surface area contributed by atoms with E-state index in [9.17, 15) is 14.4 Å². The summed E-state index contributed by atoms with van der Waals surface area (Å²) >= 11 is 1.31. The number of nitrogens with one attached hydrogen (secondary N) is 2. The van der Waals surface area contributed by atoms with Crippen LogP contribution in [0, 0.1) is 0 Å². The molecule has 1 aliphatic rings. The number of hydrogen-bond donors (Lipinski definition) is 3. The van der Waals surface area contributed by atoms with Crippen LogP contribution in [-0.4, -0.2) is 40.5 Å². The van der Waals surface area contributed by atoms with Gasteiger partial charge in [-0.2, -0.15) is 0 Å². The molecule has 2 unspecified atom stereocenters. The molecular weight excluding hydrogens is 370 g/mol. The summed E-state index contributed by atoms with van der Waals surface area (Å²) in [6.07, 6.45) is 3.42. The largest absolute Gasteiger partial charge is 0.480 e. The Morgan fingerprint density at radius 1 is 1.26 bits per heavy atom. The minimum absolute atomic E-state index is 0.0254. The third kappa shape index (κ3) is 4.69. The molecule has 0 aliphatic carbocycles. The number of nitrogens with zero attached hydrogens (tertiary/aromatic N) is 1. The minimum Gasteiger partial charge on any atom is -0.480 e. The Morgan fingerprint density at radius 3 is 2.63 bits per heavy atom. The molecule has 0 radical (unpaired) electrons. The second-order valence-electron chi connectivity index (χ2n) is 6.13. The van der Waals surface area contributed by atoms with Crippen LogP contribution in [0.4, 0.5) is 5.69 Å². The lowest BCUT2D eigenvalue weighted by molar-refractivity contribution is -0.138. The number of benzene rings is 1. The molecule has 8 nitrogen and oxygen atoms in total. The monoisotopic (exact) mass is 389 g/mol. The van der Waals surface area contributed by atoms with Gasteiger partial charge in [0, 0.05) is 17.9 Å². The van der Waals surface area contributed by atoms with Gasteiger partial charge in [0.25, 0.3) is 11.8 Å². The van der Waals surface area contributed by atoms with Crippen molar-refractivity contribution in [2.75, 3.05) is 11.9 Å². The van der Waals surface area contributed by atoms with Crippen LogP contribution < -0.4 is 10.6 Å². The van der Waals surface area contributed by atoms with Crippen molar-refractivity contribution < 1.29 is 24.2 Å². The molecule has 9 heteroatoms. The van der Waals surface area contributed by atoms with Gasteiger partial charge >= 0.3 is 5.97 Å². The summed E-state index contributed by atoms with van der Waals surface area (Å²) in [6.45, 7) is 2.10. The quantitative estimate of drug-likeness (QED) is 0.698. The van der Waals surface area contributed by atoms with Crippen molar-refractivity contribution in [3.05, 3.63) is 45.9 Å². The van der Waals surface area contributed by atoms with Crippen molar-refractivity contribution in [3.63, 3.8) is 0 Å². The summed E-state index contributed by atoms with van der Waals surface area (Å²) in [5.41, 5.74) is 0.828. The van der Waals surface area contributed by atoms with Gasteiger partial charge in [-0.15, -0.1) is 11.3 Å². The number of carboxylic acids is 1. The fraction of sp³-hybridized carbons (Fsp3) is 0.333. The molecule has 2 amide bonds. The molecule has 0 bridgehead atoms. The first kappa shape index (κ1) is 19.0. The molecule has 0 spiro atoms. The van der Waals surface area contributed by atoms with E-state index in [-0.39, 0.29) is 12.0 Å². The van der Waals surface area contributed by atoms with Gasteiger partial charge in [0.2, 0.25) is 0 Å². The summed E-state index contributed by atoms with van der Waals surface area (Å²) in [4.78, 5) is 39.9. The smallest absolute Gasteiger partial charge is 0.325 e. The number of aliphatic carboxylic acids is 1. The number of aromatic nitrogens is 1. The Bertz CT molecular complexity index is 843. The Balaban J connectivity index is 1.60. The number of carbonyl (C=O) groups is 3. The van der Waals surface area contributed by atoms with Gasteiger partial charge in [0.15, 0.2) is 0 Å². The standard InChI is InChI=1S/C18H19N3O5S/c1-10(18(24)25)20-15(22)11-4-6-12(7-5-11)21-16(23)14-9-19-17(27-14)13-3-2-8-26-13/h4-7,9-10,13H,2-3,8H2,1H3,(H,20,22)(H,21,23)(H,24,25). The second kappa shape index (κ2) is 8.28. The van der Waals surface area contributed by atoms with Gasteiger partial charge in [0.05, 0.1) is 6.20 Å². The van der Waals surface area contributed by atoms with E-state index in [1.54, 1.807) is 12.1 Å². The number of hydrogen-bond acceptors (Lipinski definition) is 6. The van der Waals surface area contributed by atoms with Crippen molar-refractivity contribution in [1.29, 1.82) is 0 Å². The van der Waals surface area contributed by atoms with Gasteiger partial charge in [-0.3, -0.25) is 14.4 Å². The number of ether oxygens (including phenoxy) is 1. The van der Waals surface area contributed by atoms with Gasteiger partial charge in [0.1, 0.15) is 22.0 Å². The maximum absolute atomic E-state index is 12.4. The van der Waals surface area contributed by atoms with Crippen LogP contribution in [0.2, 0.25) is 0 Å². The summed E-state index contributed by atoms with van der Waals surface area (Å²) in [6, 6.07) is 5.22. The van der Waals surface area contributed by atoms with Crippen LogP contribution in [0.1, 0.15) is 50.9 Å². The highest BCUT2D eigenvalue weighted by Gasteiger charge is 2.22. The summed E-state index contributed by atoms with van der Waals surface area (Å²) in [5.74, 6) is -1.89. The summed E-state index contributed by atoms with van der Waals surface area (Å²) in [7, 11) is 0. The fourth-order valence-corrected chi connectivity index (χ4v) is 3.45. The Kier molecular flexibility index (Phi) is 5.82. The molecule has 142 valence electrons. The number of carboxylic acid groups (broad SMARTS) is 1. The highest BCUT2D eigenvalue weighted by molar-refractivity contribution is 7.13. The van der Waals surface area contributed by atoms with Gasteiger partial charge < -0.3 is 20.5 Å². The minimum atomic E-state index is -1.11. The van der Waals surface area contributed by atoms with E-state index in [2.05, 4.69) is 15.6 Å². The molecule has 1 aromatic heterocycles. The lowest BCUT2D eigenvalue weighted by Crippen LogP contribution is -2.38. The predicted octanol–water partition coefficient (Wildman–Crippen LogP) is 2.45. The second-order valence-corrected chi connectivity index (χ2v) is 7.19. The van der Waals surface area contributed by atoms with Crippen molar-refractivity contribution >= 4 is 34.8 Å². The average molecular weight is 389 g/mol. The third-order valence-electron chi connectivity index (χ3n) is 4.08. The Labute approximate surface area is 159 Å². The first-order valence-electron chi connectivity index (χ1n) is 8.46. The summed E-state index contributed by atoms with van der Waals surface area (Å²) in [5, 5.41) is 14.7. The van der Waals surface area contributed by atoms with Crippen LogP contribution >= 0.6 is 11.3 Å². The van der Waals surface area contributed by atoms with E-state index in [0.717, 1.165) is 24.5 Å². The van der Waals surface area contributed by atoms with E-state index in [1.807, 2.05) is 0 Å². The summed E-state index contributed by atoms with van der Waals surface area (Å²) < 4.78 is 5.57. The lowest BCUT2D eigenvalue weighted by Gasteiger charge is -2.10. The van der Waals surface area contributed by atoms with Crippen molar-refractivity contribution in [1.82, 2.24) is 10.3 Å². The topological polar surface area (TPSA) is 118 Å². The first-order valence-corrected chi connectivity index (χ1v) is 9.28. The first-order chi connectivity index (χ1) is 12.9. The van der Waals surface area contributed by atoms with Crippen molar-refractivity contribution in [2.24, 2.45) is 0 Å². The zero-order valence-corrected chi connectivity index (χ0v) is 15.4. The molecule has 3 rings (SSSR count). The van der Waals surface area contributed by atoms with Crippen LogP contribution in [0.15, 0.2) is 30.5 Å². The number of anilines is 1. The highest BCUT2D eigenvalue weighted by atomic mass is 32.1. The molecule has 3 N–H and O–H groups in total. The van der Waals surface area contributed by atoms with Gasteiger partial charge in [-0.25, -0.2) is 4.98 Å². The van der Waals surface area contributed by atoms with Crippen LogP contribution in [0.3, 0.4) is 0 Å². The van der Waals surface area contributed by atoms with E-state index in [4.69, 9.17) is 9.84 Å². The van der Waals surface area contributed by atoms with E-state index < -0.39 is 17.9 Å². The zero-order valence-electron chi connectivity index (χ0n) is 14.6. The van der Waals surface area contributed by atoms with E-state index in [0.29, 0.717) is 16.1 Å². The Morgan fingerprint density at radius 2 is 2.00 bits per heavy atom. The normalized spacial score (nSPS) is 17.3. The molecule has 2 aromatic rings. The van der Waals surface area contributed by atoms with Crippen LogP contribution in [-0.2, 0) is 9.53 Å². The number of amides is 2. The molecule has 1 aliphatic heterocycles. The van der Waals surface area contributed by atoms with Crippen molar-refractivity contribution in [3.8, 4) is 0 Å². The number of thiazole rings is 1. The maximum Gasteiger partial charge on any atom is 0.325 e. The fourth-order valence-electron chi connectivity index (χ4n) is 2.55. The molecule has 1 aromatic carbocycles. The SMILES string of the molecule is CC(NC(=O)c1ccc(NC(=O)c2cnc(C3CCCO3)s2)cc1)C(=O)O. The molecule has 2 heterocycles. The van der Waals surface area contributed by atoms with Gasteiger partial charge in [-0.05, 0) is 44.0 Å². The predicted molar refractivity (Wildman–Crippen MR) is 99.0 cm³/mol. The third-order valence-corrected chi connectivity index (χ3v) is 5.16. The van der Waals surface area contributed by atoms with E-state index >= 15 is 0 Å². The average Bonchev–Trinajstić information content (AvgIpc) is 3.33. The number of carbonyl (C=O) groups excluding carboxylic acids is 2. The van der Waals surface area contributed by atoms with Crippen LogP contribution in [0.5, 0.6) is 0 Å². The lowest BCUT2D eigenvalue weighted by atomic mass is 10.2. The highest BCUT2D eigenvalue weighted by Crippen LogP contribution is 2.31. The molecule has 1 saturated heterocycles. The van der Waals surface area contributed by atoms with E-state index in [1.165, 1.54) is 36.6 Å². The van der Waals surface area contributed by atoms with Crippen molar-refractivity contribution in [2.45, 2.75) is 31.9 Å². The zero-order chi connectivity index (χ0) is 19.4. The molecule has 0 saturated carbocycles. The Hall–Kier alpha value is -2.78.